The van der Waals surface area contributed by atoms with Crippen LogP contribution in [0.15, 0.2) is 53.6 Å². The second-order valence-electron chi connectivity index (χ2n) is 7.12. The number of rotatable bonds is 11. The molecule has 0 aliphatic heterocycles. The molecule has 1 unspecified atom stereocenters. The van der Waals surface area contributed by atoms with Gasteiger partial charge in [0, 0.05) is 24.7 Å². The predicted octanol–water partition coefficient (Wildman–Crippen LogP) is 2.21. The lowest BCUT2D eigenvalue weighted by atomic mass is 10.2. The number of pyridine rings is 1. The zero-order valence-corrected chi connectivity index (χ0v) is 19.4. The number of Topliss-reactive ketones (excluding diaryl/α,β-unsaturated/α-hetero) is 1. The van der Waals surface area contributed by atoms with Crippen molar-refractivity contribution in [2.45, 2.75) is 30.7 Å². The Labute approximate surface area is 191 Å². The summed E-state index contributed by atoms with van der Waals surface area (Å²) in [4.78, 5) is 23.9. The van der Waals surface area contributed by atoms with E-state index in [4.69, 9.17) is 0 Å². The van der Waals surface area contributed by atoms with Gasteiger partial charge in [-0.2, -0.15) is 11.8 Å². The number of carbonyl (C=O) groups excluding carboxylic acids is 2. The molecule has 3 rings (SSSR count). The lowest BCUT2D eigenvalue weighted by molar-refractivity contribution is -0.121. The number of fused-ring (bicyclic) bond motifs is 1. The van der Waals surface area contributed by atoms with Gasteiger partial charge < -0.3 is 5.32 Å². The summed E-state index contributed by atoms with van der Waals surface area (Å²) in [5, 5.41) is 11.3. The summed E-state index contributed by atoms with van der Waals surface area (Å²) in [5.41, 5.74) is 1.12. The Hall–Kier alpha value is -2.76. The van der Waals surface area contributed by atoms with Gasteiger partial charge >= 0.3 is 0 Å². The van der Waals surface area contributed by atoms with Gasteiger partial charge in [0.1, 0.15) is 0 Å². The van der Waals surface area contributed by atoms with Gasteiger partial charge in [0.15, 0.2) is 17.3 Å². The molecule has 2 N–H and O–H groups in total. The molecule has 1 amide bonds. The van der Waals surface area contributed by atoms with E-state index in [1.807, 2.05) is 35.1 Å². The van der Waals surface area contributed by atoms with E-state index < -0.39 is 10.0 Å². The van der Waals surface area contributed by atoms with E-state index >= 15 is 0 Å². The number of ketones is 1. The number of hydrogen-bond donors (Lipinski definition) is 2. The Balaban J connectivity index is 1.61. The fourth-order valence-corrected chi connectivity index (χ4v) is 4.62. The number of thioether (sulfide) groups is 1. The average molecular weight is 476 g/mol. The molecule has 1 atom stereocenters. The molecule has 2 aromatic heterocycles. The lowest BCUT2D eigenvalue weighted by Gasteiger charge is -2.17. The Bertz CT molecular complexity index is 1190. The van der Waals surface area contributed by atoms with Gasteiger partial charge in [-0.05, 0) is 49.6 Å². The number of hydrogen-bond acceptors (Lipinski definition) is 7. The number of benzene rings is 1. The highest BCUT2D eigenvalue weighted by Gasteiger charge is 2.21. The molecule has 0 radical (unpaired) electrons. The van der Waals surface area contributed by atoms with Crippen molar-refractivity contribution in [1.29, 1.82) is 0 Å². The third-order valence-corrected chi connectivity index (χ3v) is 6.93. The molecule has 0 saturated heterocycles. The Kier molecular flexibility index (Phi) is 7.99. The normalized spacial score (nSPS) is 12.6. The zero-order valence-electron chi connectivity index (χ0n) is 17.8. The second kappa shape index (κ2) is 10.7. The van der Waals surface area contributed by atoms with Crippen LogP contribution in [-0.2, 0) is 14.8 Å². The SMILES string of the molecule is CSCCC(NC(=O)CCNS(=O)(=O)c1ccc(C(C)=O)cc1)c1nnc2ccccn12. The van der Waals surface area contributed by atoms with E-state index in [0.717, 1.165) is 5.75 Å². The molecular weight excluding hydrogens is 450 g/mol. The highest BCUT2D eigenvalue weighted by molar-refractivity contribution is 7.98. The first-order chi connectivity index (χ1) is 15.3. The maximum atomic E-state index is 12.5. The van der Waals surface area contributed by atoms with Crippen molar-refractivity contribution < 1.29 is 18.0 Å². The fraction of sp³-hybridized carbons (Fsp3) is 0.333. The monoisotopic (exact) mass is 475 g/mol. The minimum atomic E-state index is -3.78. The highest BCUT2D eigenvalue weighted by atomic mass is 32.2. The summed E-state index contributed by atoms with van der Waals surface area (Å²) in [7, 11) is -3.78. The van der Waals surface area contributed by atoms with Crippen LogP contribution in [-0.4, -0.2) is 53.3 Å². The Morgan fingerprint density at radius 1 is 1.12 bits per heavy atom. The summed E-state index contributed by atoms with van der Waals surface area (Å²) in [6.07, 6.45) is 4.46. The van der Waals surface area contributed by atoms with E-state index in [-0.39, 0.29) is 35.6 Å². The summed E-state index contributed by atoms with van der Waals surface area (Å²) in [6, 6.07) is 10.9. The number of aromatic nitrogens is 3. The standard InChI is InChI=1S/C21H25N5O4S2/c1-15(27)16-6-8-17(9-7-16)32(29,30)22-12-10-20(28)23-18(11-14-31-2)21-25-24-19-5-3-4-13-26(19)21/h3-9,13,18,22H,10-12,14H2,1-2H3,(H,23,28). The van der Waals surface area contributed by atoms with Crippen molar-refractivity contribution in [3.8, 4) is 0 Å². The van der Waals surface area contributed by atoms with Gasteiger partial charge in [0.05, 0.1) is 10.9 Å². The maximum absolute atomic E-state index is 12.5. The molecule has 170 valence electrons. The Morgan fingerprint density at radius 3 is 2.56 bits per heavy atom. The van der Waals surface area contributed by atoms with Crippen LogP contribution in [0.5, 0.6) is 0 Å². The van der Waals surface area contributed by atoms with Gasteiger partial charge in [-0.3, -0.25) is 14.0 Å². The second-order valence-corrected chi connectivity index (χ2v) is 9.87. The first-order valence-corrected chi connectivity index (χ1v) is 12.9. The fourth-order valence-electron chi connectivity index (χ4n) is 3.12. The van der Waals surface area contributed by atoms with Gasteiger partial charge in [-0.15, -0.1) is 10.2 Å². The molecule has 0 saturated carbocycles. The minimum absolute atomic E-state index is 0.0305. The van der Waals surface area contributed by atoms with Crippen LogP contribution >= 0.6 is 11.8 Å². The number of nitrogens with one attached hydrogen (secondary N) is 2. The van der Waals surface area contributed by atoms with Crippen LogP contribution in [0.4, 0.5) is 0 Å². The van der Waals surface area contributed by atoms with Gasteiger partial charge in [0.2, 0.25) is 15.9 Å². The van der Waals surface area contributed by atoms with Crippen LogP contribution in [0, 0.1) is 0 Å². The molecule has 0 bridgehead atoms. The third-order valence-electron chi connectivity index (χ3n) is 4.81. The topological polar surface area (TPSA) is 123 Å². The maximum Gasteiger partial charge on any atom is 0.240 e. The van der Waals surface area contributed by atoms with Crippen LogP contribution in [0.2, 0.25) is 0 Å². The smallest absolute Gasteiger partial charge is 0.240 e. The van der Waals surface area contributed by atoms with E-state index in [0.29, 0.717) is 23.5 Å². The van der Waals surface area contributed by atoms with Gasteiger partial charge in [-0.25, -0.2) is 13.1 Å². The van der Waals surface area contributed by atoms with Crippen molar-refractivity contribution in [2.75, 3.05) is 18.6 Å². The molecule has 3 aromatic rings. The van der Waals surface area contributed by atoms with Crippen LogP contribution in [0.1, 0.15) is 42.0 Å². The molecule has 11 heteroatoms. The van der Waals surface area contributed by atoms with Gasteiger partial charge in [-0.1, -0.05) is 18.2 Å². The molecule has 9 nitrogen and oxygen atoms in total. The third kappa shape index (κ3) is 5.93. The summed E-state index contributed by atoms with van der Waals surface area (Å²) < 4.78 is 29.1. The molecule has 0 aliphatic rings. The van der Waals surface area contributed by atoms with E-state index in [1.165, 1.54) is 31.2 Å². The minimum Gasteiger partial charge on any atom is -0.346 e. The highest BCUT2D eigenvalue weighted by Crippen LogP contribution is 2.18. The van der Waals surface area contributed by atoms with E-state index in [2.05, 4.69) is 20.2 Å². The number of carbonyl (C=O) groups is 2. The molecule has 0 fully saturated rings. The number of nitrogens with zero attached hydrogens (tertiary/aromatic N) is 3. The van der Waals surface area contributed by atoms with E-state index in [1.54, 1.807) is 11.8 Å². The van der Waals surface area contributed by atoms with Crippen LogP contribution in [0.25, 0.3) is 5.65 Å². The van der Waals surface area contributed by atoms with Crippen molar-refractivity contribution >= 4 is 39.1 Å². The summed E-state index contributed by atoms with van der Waals surface area (Å²) >= 11 is 1.66. The average Bonchev–Trinajstić information content (AvgIpc) is 3.20. The molecule has 32 heavy (non-hydrogen) atoms. The van der Waals surface area contributed by atoms with Crippen LogP contribution < -0.4 is 10.0 Å². The summed E-state index contributed by atoms with van der Waals surface area (Å²) in [5.74, 6) is 1.01. The van der Waals surface area contributed by atoms with E-state index in [9.17, 15) is 18.0 Å². The summed E-state index contributed by atoms with van der Waals surface area (Å²) in [6.45, 7) is 1.35. The first kappa shape index (κ1) is 23.9. The number of amides is 1. The quantitative estimate of drug-likeness (QED) is 0.408. The van der Waals surface area contributed by atoms with Crippen molar-refractivity contribution in [2.24, 2.45) is 0 Å². The Morgan fingerprint density at radius 2 is 1.88 bits per heavy atom. The molecular formula is C21H25N5O4S2. The molecule has 0 aliphatic carbocycles. The largest absolute Gasteiger partial charge is 0.346 e. The molecule has 2 heterocycles. The lowest BCUT2D eigenvalue weighted by Crippen LogP contribution is -2.34. The number of sulfonamides is 1. The molecule has 0 spiro atoms. The van der Waals surface area contributed by atoms with Crippen molar-refractivity contribution in [3.05, 3.63) is 60.0 Å². The zero-order chi connectivity index (χ0) is 23.1. The van der Waals surface area contributed by atoms with Crippen LogP contribution in [0.3, 0.4) is 0 Å². The first-order valence-electron chi connectivity index (χ1n) is 10.0. The molecule has 1 aromatic carbocycles. The van der Waals surface area contributed by atoms with Gasteiger partial charge in [0.25, 0.3) is 0 Å². The van der Waals surface area contributed by atoms with Crippen molar-refractivity contribution in [1.82, 2.24) is 24.6 Å². The predicted molar refractivity (Wildman–Crippen MR) is 123 cm³/mol. The van der Waals surface area contributed by atoms with Crippen molar-refractivity contribution in [3.63, 3.8) is 0 Å².